The molecule has 7 heteroatoms. The second-order valence-electron chi connectivity index (χ2n) is 5.28. The van der Waals surface area contributed by atoms with Crippen molar-refractivity contribution in [2.24, 2.45) is 0 Å². The van der Waals surface area contributed by atoms with E-state index in [1.54, 1.807) is 44.2 Å². The van der Waals surface area contributed by atoms with E-state index in [0.717, 1.165) is 16.7 Å². The zero-order valence-electron chi connectivity index (χ0n) is 13.5. The summed E-state index contributed by atoms with van der Waals surface area (Å²) < 4.78 is 33.2. The minimum atomic E-state index is -3.78. The van der Waals surface area contributed by atoms with Crippen molar-refractivity contribution in [3.8, 4) is 5.75 Å². The second-order valence-corrected chi connectivity index (χ2v) is 7.42. The van der Waals surface area contributed by atoms with Crippen LogP contribution in [0.3, 0.4) is 0 Å². The Balaban J connectivity index is 2.24. The van der Waals surface area contributed by atoms with E-state index in [1.807, 2.05) is 0 Å². The van der Waals surface area contributed by atoms with Crippen LogP contribution < -0.4 is 9.46 Å². The lowest BCUT2D eigenvalue weighted by Crippen LogP contribution is -2.24. The van der Waals surface area contributed by atoms with Gasteiger partial charge in [-0.3, -0.25) is 0 Å². The van der Waals surface area contributed by atoms with E-state index in [1.165, 1.54) is 6.07 Å². The van der Waals surface area contributed by atoms with E-state index in [0.29, 0.717) is 11.6 Å². The van der Waals surface area contributed by atoms with E-state index < -0.39 is 10.0 Å². The van der Waals surface area contributed by atoms with Crippen molar-refractivity contribution in [3.05, 3.63) is 58.1 Å². The number of aliphatic hydroxyl groups is 1. The zero-order chi connectivity index (χ0) is 17.7. The predicted molar refractivity (Wildman–Crippen MR) is 93.7 cm³/mol. The molecule has 0 aliphatic rings. The molecule has 5 nitrogen and oxygen atoms in total. The van der Waals surface area contributed by atoms with Gasteiger partial charge in [0.25, 0.3) is 0 Å². The van der Waals surface area contributed by atoms with Gasteiger partial charge >= 0.3 is 0 Å². The molecule has 2 aromatic rings. The third-order valence-corrected chi connectivity index (χ3v) is 5.32. The molecule has 24 heavy (non-hydrogen) atoms. The molecule has 0 fully saturated rings. The summed E-state index contributed by atoms with van der Waals surface area (Å²) in [5.74, 6) is 0.280. The third kappa shape index (κ3) is 4.48. The Morgan fingerprint density at radius 1 is 1.17 bits per heavy atom. The highest BCUT2D eigenvalue weighted by molar-refractivity contribution is 7.89. The summed E-state index contributed by atoms with van der Waals surface area (Å²) >= 11 is 6.07. The molecular weight excluding hydrogens is 350 g/mol. The molecular formula is C17H20ClNO4S. The molecule has 0 unspecified atom stereocenters. The fourth-order valence-electron chi connectivity index (χ4n) is 2.13. The Kier molecular flexibility index (Phi) is 6.23. The number of sulfonamides is 1. The smallest absolute Gasteiger partial charge is 0.244 e. The van der Waals surface area contributed by atoms with Crippen LogP contribution in [0.25, 0.3) is 0 Å². The van der Waals surface area contributed by atoms with Crippen LogP contribution in [0.1, 0.15) is 23.6 Å². The van der Waals surface area contributed by atoms with Crippen molar-refractivity contribution in [2.45, 2.75) is 31.9 Å². The van der Waals surface area contributed by atoms with E-state index in [4.69, 9.17) is 21.4 Å². The Hall–Kier alpha value is -1.60. The first kappa shape index (κ1) is 18.7. The number of benzene rings is 2. The molecule has 0 atom stereocenters. The lowest BCUT2D eigenvalue weighted by atomic mass is 10.1. The second kappa shape index (κ2) is 7.98. The fraction of sp³-hybridized carbons (Fsp3) is 0.294. The predicted octanol–water partition coefficient (Wildman–Crippen LogP) is 3.02. The van der Waals surface area contributed by atoms with Crippen molar-refractivity contribution in [1.82, 2.24) is 4.72 Å². The van der Waals surface area contributed by atoms with Gasteiger partial charge in [-0.05, 0) is 42.7 Å². The van der Waals surface area contributed by atoms with E-state index in [-0.39, 0.29) is 23.8 Å². The van der Waals surface area contributed by atoms with Crippen LogP contribution in [0.4, 0.5) is 0 Å². The summed E-state index contributed by atoms with van der Waals surface area (Å²) in [5.41, 5.74) is 2.30. The number of hydrogen-bond donors (Lipinski definition) is 2. The van der Waals surface area contributed by atoms with Gasteiger partial charge in [0.15, 0.2) is 0 Å². The molecule has 0 heterocycles. The highest BCUT2D eigenvalue weighted by Gasteiger charge is 2.21. The lowest BCUT2D eigenvalue weighted by molar-refractivity contribution is 0.282. The minimum Gasteiger partial charge on any atom is -0.492 e. The van der Waals surface area contributed by atoms with Crippen molar-refractivity contribution in [3.63, 3.8) is 0 Å². The van der Waals surface area contributed by atoms with Crippen LogP contribution in [0.5, 0.6) is 5.75 Å². The molecule has 0 saturated carbocycles. The molecule has 0 aliphatic carbocycles. The molecule has 2 aromatic carbocycles. The maximum absolute atomic E-state index is 12.6. The van der Waals surface area contributed by atoms with Gasteiger partial charge in [0.2, 0.25) is 10.0 Å². The minimum absolute atomic E-state index is 0.0203. The topological polar surface area (TPSA) is 75.6 Å². The summed E-state index contributed by atoms with van der Waals surface area (Å²) in [6.45, 7) is 4.01. The molecule has 2 N–H and O–H groups in total. The van der Waals surface area contributed by atoms with E-state index in [9.17, 15) is 8.42 Å². The number of aryl methyl sites for hydroxylation is 1. The lowest BCUT2D eigenvalue weighted by Gasteiger charge is -2.14. The van der Waals surface area contributed by atoms with Crippen LogP contribution in [-0.2, 0) is 23.2 Å². The van der Waals surface area contributed by atoms with E-state index >= 15 is 0 Å². The third-order valence-electron chi connectivity index (χ3n) is 3.49. The summed E-state index contributed by atoms with van der Waals surface area (Å²) in [6.07, 6.45) is 0. The van der Waals surface area contributed by atoms with Gasteiger partial charge in [-0.15, -0.1) is 0 Å². The van der Waals surface area contributed by atoms with Crippen LogP contribution >= 0.6 is 11.6 Å². The first-order valence-corrected chi connectivity index (χ1v) is 9.34. The van der Waals surface area contributed by atoms with Gasteiger partial charge in [-0.2, -0.15) is 0 Å². The molecule has 0 amide bonds. The summed E-state index contributed by atoms with van der Waals surface area (Å²) in [7, 11) is -3.78. The Morgan fingerprint density at radius 3 is 2.38 bits per heavy atom. The molecule has 0 radical (unpaired) electrons. The Labute approximate surface area is 147 Å². The maximum Gasteiger partial charge on any atom is 0.244 e. The molecule has 0 saturated heterocycles. The Morgan fingerprint density at radius 2 is 1.79 bits per heavy atom. The monoisotopic (exact) mass is 369 g/mol. The number of hydrogen-bond acceptors (Lipinski definition) is 4. The van der Waals surface area contributed by atoms with Gasteiger partial charge in [-0.1, -0.05) is 35.9 Å². The van der Waals surface area contributed by atoms with Crippen molar-refractivity contribution < 1.29 is 18.3 Å². The highest BCUT2D eigenvalue weighted by atomic mass is 35.5. The maximum atomic E-state index is 12.6. The van der Waals surface area contributed by atoms with Crippen molar-refractivity contribution >= 4 is 21.6 Å². The standard InChI is InChI=1S/C17H20ClNO4S/c1-3-23-16-8-12(2)15(18)9-17(16)24(21,22)19-10-13-4-6-14(11-20)7-5-13/h4-9,19-20H,3,10-11H2,1-2H3. The van der Waals surface area contributed by atoms with Gasteiger partial charge in [0, 0.05) is 11.6 Å². The van der Waals surface area contributed by atoms with E-state index in [2.05, 4.69) is 4.72 Å². The first-order chi connectivity index (χ1) is 11.4. The molecule has 130 valence electrons. The number of aliphatic hydroxyl groups excluding tert-OH is 1. The number of halogens is 1. The van der Waals surface area contributed by atoms with Crippen molar-refractivity contribution in [1.29, 1.82) is 0 Å². The summed E-state index contributed by atoms with van der Waals surface area (Å²) in [5, 5.41) is 9.39. The normalized spacial score (nSPS) is 11.5. The average molecular weight is 370 g/mol. The zero-order valence-corrected chi connectivity index (χ0v) is 15.1. The first-order valence-electron chi connectivity index (χ1n) is 7.48. The summed E-state index contributed by atoms with van der Waals surface area (Å²) in [6, 6.07) is 10.0. The summed E-state index contributed by atoms with van der Waals surface area (Å²) in [4.78, 5) is 0.0203. The SMILES string of the molecule is CCOc1cc(C)c(Cl)cc1S(=O)(=O)NCc1ccc(CO)cc1. The quantitative estimate of drug-likeness (QED) is 0.786. The van der Waals surface area contributed by atoms with Gasteiger partial charge in [0.05, 0.1) is 13.2 Å². The fourth-order valence-corrected chi connectivity index (χ4v) is 3.53. The highest BCUT2D eigenvalue weighted by Crippen LogP contribution is 2.30. The molecule has 0 aromatic heterocycles. The van der Waals surface area contributed by atoms with Crippen molar-refractivity contribution in [2.75, 3.05) is 6.61 Å². The van der Waals surface area contributed by atoms with Crippen LogP contribution in [0.2, 0.25) is 5.02 Å². The van der Waals surface area contributed by atoms with Gasteiger partial charge < -0.3 is 9.84 Å². The Bertz CT molecular complexity index is 804. The number of ether oxygens (including phenoxy) is 1. The molecule has 0 bridgehead atoms. The van der Waals surface area contributed by atoms with Crippen LogP contribution in [0.15, 0.2) is 41.3 Å². The molecule has 2 rings (SSSR count). The average Bonchev–Trinajstić information content (AvgIpc) is 2.56. The largest absolute Gasteiger partial charge is 0.492 e. The van der Waals surface area contributed by atoms with Crippen LogP contribution in [0, 0.1) is 6.92 Å². The molecule has 0 spiro atoms. The van der Waals surface area contributed by atoms with Gasteiger partial charge in [-0.25, -0.2) is 13.1 Å². The molecule has 0 aliphatic heterocycles. The van der Waals surface area contributed by atoms with Gasteiger partial charge in [0.1, 0.15) is 10.6 Å². The number of nitrogens with one attached hydrogen (secondary N) is 1. The number of rotatable bonds is 7. The van der Waals surface area contributed by atoms with Crippen LogP contribution in [-0.4, -0.2) is 20.1 Å².